The molecule has 0 spiro atoms. The van der Waals surface area contributed by atoms with Gasteiger partial charge < -0.3 is 60.8 Å². The van der Waals surface area contributed by atoms with Crippen LogP contribution in [0.1, 0.15) is 111 Å². The van der Waals surface area contributed by atoms with Crippen LogP contribution >= 0.6 is 11.6 Å². The van der Waals surface area contributed by atoms with Crippen molar-refractivity contribution in [2.45, 2.75) is 148 Å². The molecule has 1 aromatic heterocycles. The molecule has 4 heterocycles. The SMILES string of the molecule is COc1cc2cc(c1Cl)N(C)C(=O)C[C@H](OC(=O)Nc1ccc(NC(=O)[C@H](CCCNC(N)=O)NC(=O)[C@@H](NC(=O)CCCCC(=O)ON3C(=O)CCC3=O)C(C)C)c3ncccc13)[C@]1(C)C[C@H]1[C@H](C)[C@@H]1C[C@@](O)(NC(=O)O1)[C@H](OC)/C=C/C=C(\C)C2. The second-order valence-corrected chi connectivity index (χ2v) is 23.4. The Labute approximate surface area is 508 Å². The lowest BCUT2D eigenvalue weighted by Crippen LogP contribution is -2.63. The molecule has 3 fully saturated rings. The molecule has 0 radical (unpaired) electrons. The molecule has 10 amide bonds. The Bertz CT molecular complexity index is 3200. The minimum atomic E-state index is -1.87. The molecule has 27 heteroatoms. The number of anilines is 3. The van der Waals surface area contributed by atoms with Crippen molar-refractivity contribution < 1.29 is 76.8 Å². The average molecular weight is 1230 g/mol. The van der Waals surface area contributed by atoms with E-state index in [4.69, 9.17) is 41.1 Å². The number of unbranched alkanes of at least 4 members (excludes halogenated alkanes) is 1. The molecule has 470 valence electrons. The number of primary amides is 1. The number of carbonyl (C=O) groups excluding carboxylic acids is 10. The number of nitrogens with two attached hydrogens (primary N) is 1. The highest BCUT2D eigenvalue weighted by atomic mass is 35.5. The van der Waals surface area contributed by atoms with Crippen LogP contribution < -0.4 is 47.3 Å². The number of aromatic nitrogens is 1. The van der Waals surface area contributed by atoms with Gasteiger partial charge >= 0.3 is 24.2 Å². The molecule has 4 aliphatic rings. The maximum absolute atomic E-state index is 14.6. The number of urea groups is 1. The van der Waals surface area contributed by atoms with E-state index in [0.717, 1.165) is 11.1 Å². The normalized spacial score (nSPS) is 24.7. The number of hydroxylamine groups is 2. The van der Waals surface area contributed by atoms with Crippen molar-refractivity contribution in [1.82, 2.24) is 31.3 Å². The van der Waals surface area contributed by atoms with Crippen LogP contribution in [0, 0.1) is 23.2 Å². The molecule has 4 bridgehead atoms. The molecule has 2 saturated heterocycles. The summed E-state index contributed by atoms with van der Waals surface area (Å²) in [6.45, 7) is 9.11. The van der Waals surface area contributed by atoms with Crippen molar-refractivity contribution in [2.24, 2.45) is 28.9 Å². The van der Waals surface area contributed by atoms with Gasteiger partial charge in [-0.05, 0) is 105 Å². The Morgan fingerprint density at radius 2 is 1.66 bits per heavy atom. The van der Waals surface area contributed by atoms with Crippen molar-refractivity contribution in [2.75, 3.05) is 43.3 Å². The third-order valence-corrected chi connectivity index (χ3v) is 16.7. The number of amides is 10. The first-order chi connectivity index (χ1) is 41.2. The number of imide groups is 1. The number of fused-ring (bicyclic) bond motifs is 6. The van der Waals surface area contributed by atoms with Crippen molar-refractivity contribution in [3.63, 3.8) is 0 Å². The lowest BCUT2D eigenvalue weighted by Gasteiger charge is -2.42. The summed E-state index contributed by atoms with van der Waals surface area (Å²) in [4.78, 5) is 142. The van der Waals surface area contributed by atoms with Crippen LogP contribution in [-0.4, -0.2) is 139 Å². The Kier molecular flexibility index (Phi) is 22.0. The molecule has 0 unspecified atom stereocenters. The second kappa shape index (κ2) is 28.9. The number of methoxy groups -OCH3 is 2. The van der Waals surface area contributed by atoms with Crippen molar-refractivity contribution >= 4 is 99.2 Å². The Morgan fingerprint density at radius 1 is 0.943 bits per heavy atom. The van der Waals surface area contributed by atoms with E-state index in [-0.39, 0.29) is 98.6 Å². The zero-order valence-corrected chi connectivity index (χ0v) is 50.7. The standard InChI is InChI=1S/C60H77ClN10O16/c1-32(2)52(68-46(72)18-9-10-19-50(76)87-71-47(73)22-23-48(71)74)55(78)66-40(16-13-25-64-56(62)79)54(77)65-39-21-20-38(36-15-12-24-63-53(36)39)67-57(80)86-45-29-49(75)70(6)41-27-35(28-42(83-7)51(41)61)26-33(3)14-11-17-44(84-8)60(82)31-43(85-58(81)69-60)34(4)37-30-59(37,45)5/h11-12,14-15,17,20-21,24,27-28,32,34,37,40,43-45,52,82H,9-10,13,16,18-19,22-23,25-26,29-31H2,1-8H3,(H,65,77)(H,66,78)(H,67,80)(H,68,72)(H,69,81)(H3,62,64,79)/b17-11+,33-14+/t34-,37-,40-,43-,44+,45-,52-,59+,60-/m0/s1. The third-order valence-electron chi connectivity index (χ3n) is 16.3. The lowest BCUT2D eigenvalue weighted by atomic mass is 9.83. The maximum atomic E-state index is 14.6. The van der Waals surface area contributed by atoms with E-state index in [1.54, 1.807) is 57.3 Å². The molecule has 2 aromatic carbocycles. The van der Waals surface area contributed by atoms with E-state index in [1.807, 2.05) is 26.8 Å². The van der Waals surface area contributed by atoms with Gasteiger partial charge in [0.1, 0.15) is 41.2 Å². The summed E-state index contributed by atoms with van der Waals surface area (Å²) in [5.41, 5.74) is 5.15. The van der Waals surface area contributed by atoms with Gasteiger partial charge in [0.15, 0.2) is 5.72 Å². The van der Waals surface area contributed by atoms with Gasteiger partial charge in [-0.2, -0.15) is 0 Å². The fraction of sp³-hybridized carbons (Fsp3) is 0.517. The zero-order chi connectivity index (χ0) is 63.5. The summed E-state index contributed by atoms with van der Waals surface area (Å²) < 4.78 is 23.5. The summed E-state index contributed by atoms with van der Waals surface area (Å²) >= 11 is 6.89. The van der Waals surface area contributed by atoms with E-state index in [0.29, 0.717) is 34.7 Å². The number of benzene rings is 2. The number of aliphatic hydroxyl groups is 1. The third kappa shape index (κ3) is 16.6. The summed E-state index contributed by atoms with van der Waals surface area (Å²) in [5.74, 6) is -5.25. The molecular weight excluding hydrogens is 1150 g/mol. The van der Waals surface area contributed by atoms with Crippen molar-refractivity contribution in [3.8, 4) is 5.75 Å². The number of alkyl carbamates (subject to hydrolysis) is 1. The molecule has 87 heavy (non-hydrogen) atoms. The smallest absolute Gasteiger partial charge is 0.411 e. The number of hydrogen-bond donors (Lipinski definition) is 8. The van der Waals surface area contributed by atoms with Crippen molar-refractivity contribution in [1.29, 1.82) is 0 Å². The first-order valence-electron chi connectivity index (χ1n) is 28.8. The number of nitrogens with zero attached hydrogens (tertiary/aromatic N) is 3. The van der Waals surface area contributed by atoms with Gasteiger partial charge in [0.2, 0.25) is 23.6 Å². The van der Waals surface area contributed by atoms with Gasteiger partial charge in [-0.25, -0.2) is 19.2 Å². The summed E-state index contributed by atoms with van der Waals surface area (Å²) in [6.07, 6.45) is 2.67. The van der Waals surface area contributed by atoms with Crippen LogP contribution in [0.25, 0.3) is 10.9 Å². The summed E-state index contributed by atoms with van der Waals surface area (Å²) in [5, 5.41) is 29.1. The van der Waals surface area contributed by atoms with Crippen LogP contribution in [0.2, 0.25) is 5.02 Å². The molecule has 3 aromatic rings. The number of rotatable bonds is 20. The number of nitrogens with one attached hydrogen (secondary N) is 6. The Hall–Kier alpha value is -8.36. The van der Waals surface area contributed by atoms with Gasteiger partial charge in [-0.1, -0.05) is 63.1 Å². The van der Waals surface area contributed by atoms with E-state index < -0.39 is 113 Å². The Morgan fingerprint density at radius 3 is 2.34 bits per heavy atom. The number of halogens is 1. The highest BCUT2D eigenvalue weighted by Gasteiger charge is 2.62. The highest BCUT2D eigenvalue weighted by molar-refractivity contribution is 6.35. The van der Waals surface area contributed by atoms with Gasteiger partial charge in [-0.3, -0.25) is 44.4 Å². The largest absolute Gasteiger partial charge is 0.495 e. The monoisotopic (exact) mass is 1230 g/mol. The van der Waals surface area contributed by atoms with Crippen LogP contribution in [0.3, 0.4) is 0 Å². The zero-order valence-electron chi connectivity index (χ0n) is 50.0. The predicted molar refractivity (Wildman–Crippen MR) is 317 cm³/mol. The maximum Gasteiger partial charge on any atom is 0.411 e. The summed E-state index contributed by atoms with van der Waals surface area (Å²) in [7, 11) is 4.46. The first kappa shape index (κ1) is 66.2. The predicted octanol–water partition coefficient (Wildman–Crippen LogP) is 5.97. The summed E-state index contributed by atoms with van der Waals surface area (Å²) in [6, 6.07) is 6.66. The fourth-order valence-corrected chi connectivity index (χ4v) is 11.5. The number of ether oxygens (including phenoxy) is 4. The van der Waals surface area contributed by atoms with Gasteiger partial charge in [-0.15, -0.1) is 5.06 Å². The molecule has 9 N–H and O–H groups in total. The quantitative estimate of drug-likeness (QED) is 0.0477. The van der Waals surface area contributed by atoms with Crippen LogP contribution in [0.4, 0.5) is 31.4 Å². The first-order valence-corrected chi connectivity index (χ1v) is 29.2. The van der Waals surface area contributed by atoms with Crippen LogP contribution in [0.15, 0.2) is 66.4 Å². The number of pyridine rings is 1. The minimum Gasteiger partial charge on any atom is -0.495 e. The molecule has 1 aliphatic carbocycles. The van der Waals surface area contributed by atoms with E-state index >= 15 is 0 Å². The molecule has 26 nitrogen and oxygen atoms in total. The highest BCUT2D eigenvalue weighted by Crippen LogP contribution is 2.61. The van der Waals surface area contributed by atoms with Gasteiger partial charge in [0.05, 0.1) is 36.1 Å². The van der Waals surface area contributed by atoms with E-state index in [1.165, 1.54) is 37.4 Å². The topological polar surface area (TPSA) is 355 Å². The van der Waals surface area contributed by atoms with Crippen LogP contribution in [0.5, 0.6) is 5.75 Å². The van der Waals surface area contributed by atoms with Crippen LogP contribution in [-0.2, 0) is 59.0 Å². The molecule has 7 rings (SSSR count). The van der Waals surface area contributed by atoms with Gasteiger partial charge in [0.25, 0.3) is 11.8 Å². The molecule has 9 atom stereocenters. The van der Waals surface area contributed by atoms with E-state index in [2.05, 4.69) is 36.9 Å². The number of carbonyl (C=O) groups is 10. The number of allylic oxidation sites excluding steroid dienone is 3. The fourth-order valence-electron chi connectivity index (χ4n) is 11.2. The second-order valence-electron chi connectivity index (χ2n) is 23.0. The number of hydrogen-bond acceptors (Lipinski definition) is 17. The minimum absolute atomic E-state index is 0.00178. The molecule has 1 saturated carbocycles. The lowest BCUT2D eigenvalue weighted by molar-refractivity contribution is -0.197. The van der Waals surface area contributed by atoms with Crippen molar-refractivity contribution in [3.05, 3.63) is 77.0 Å². The van der Waals surface area contributed by atoms with Gasteiger partial charge in [0, 0.05) is 69.8 Å². The molecule has 3 aliphatic heterocycles. The average Bonchev–Trinajstić information content (AvgIpc) is 1.59. The van der Waals surface area contributed by atoms with E-state index in [9.17, 15) is 53.1 Å². The Balaban J connectivity index is 1.08. The molecular formula is C60H77ClN10O16.